The second-order valence-corrected chi connectivity index (χ2v) is 6.06. The van der Waals surface area contributed by atoms with Gasteiger partial charge in [0.15, 0.2) is 0 Å². The van der Waals surface area contributed by atoms with Crippen LogP contribution in [0.1, 0.15) is 6.42 Å². The lowest BCUT2D eigenvalue weighted by Gasteiger charge is -2.17. The van der Waals surface area contributed by atoms with Crippen molar-refractivity contribution in [2.75, 3.05) is 17.3 Å². The molecule has 1 saturated heterocycles. The molecule has 2 amide bonds. The van der Waals surface area contributed by atoms with E-state index in [-0.39, 0.29) is 18.2 Å². The smallest absolute Gasteiger partial charge is 0.256 e. The molecule has 0 spiro atoms. The van der Waals surface area contributed by atoms with Crippen LogP contribution in [0.5, 0.6) is 5.75 Å². The Hall–Kier alpha value is -2.24. The minimum absolute atomic E-state index is 0.0406. The number of amides is 2. The average molecular weight is 365 g/mol. The number of methoxy groups -OCH3 is 1. The number of halogens is 2. The molecule has 1 aliphatic heterocycles. The molecule has 2 aromatic carbocycles. The number of ether oxygens (including phenoxy) is 1. The fourth-order valence-corrected chi connectivity index (χ4v) is 2.92. The van der Waals surface area contributed by atoms with Crippen molar-refractivity contribution in [1.82, 2.24) is 0 Å². The molecule has 124 valence electrons. The SMILES string of the molecule is COc1cccc(N2C(=O)C[C@H](Nc3cccc(Cl)c3Cl)C2=O)c1. The van der Waals surface area contributed by atoms with Crippen LogP contribution in [0.3, 0.4) is 0 Å². The van der Waals surface area contributed by atoms with Crippen molar-refractivity contribution in [1.29, 1.82) is 0 Å². The van der Waals surface area contributed by atoms with Crippen molar-refractivity contribution in [2.45, 2.75) is 12.5 Å². The summed E-state index contributed by atoms with van der Waals surface area (Å²) in [4.78, 5) is 26.1. The minimum Gasteiger partial charge on any atom is -0.497 e. The monoisotopic (exact) mass is 364 g/mol. The third kappa shape index (κ3) is 3.05. The lowest BCUT2D eigenvalue weighted by Crippen LogP contribution is -2.34. The van der Waals surface area contributed by atoms with E-state index in [4.69, 9.17) is 27.9 Å². The minimum atomic E-state index is -0.695. The summed E-state index contributed by atoms with van der Waals surface area (Å²) in [6.07, 6.45) is 0.0406. The number of hydrogen-bond donors (Lipinski definition) is 1. The van der Waals surface area contributed by atoms with E-state index in [1.54, 1.807) is 42.5 Å². The first kappa shape index (κ1) is 16.6. The van der Waals surface area contributed by atoms with Crippen LogP contribution in [0.15, 0.2) is 42.5 Å². The molecule has 1 aliphatic rings. The van der Waals surface area contributed by atoms with Gasteiger partial charge in [0.25, 0.3) is 5.91 Å². The van der Waals surface area contributed by atoms with Crippen LogP contribution >= 0.6 is 23.2 Å². The summed E-state index contributed by atoms with van der Waals surface area (Å²) < 4.78 is 5.14. The van der Waals surface area contributed by atoms with E-state index in [0.717, 1.165) is 4.90 Å². The number of imide groups is 1. The van der Waals surface area contributed by atoms with Crippen LogP contribution in [-0.4, -0.2) is 25.0 Å². The van der Waals surface area contributed by atoms with Crippen molar-refractivity contribution in [3.8, 4) is 5.75 Å². The highest BCUT2D eigenvalue weighted by Crippen LogP contribution is 2.32. The Kier molecular flexibility index (Phi) is 4.64. The van der Waals surface area contributed by atoms with Gasteiger partial charge in [0.2, 0.25) is 5.91 Å². The number of carbonyl (C=O) groups is 2. The van der Waals surface area contributed by atoms with Gasteiger partial charge in [-0.05, 0) is 24.3 Å². The van der Waals surface area contributed by atoms with Crippen molar-refractivity contribution >= 4 is 46.4 Å². The second-order valence-electron chi connectivity index (χ2n) is 5.27. The number of benzene rings is 2. The van der Waals surface area contributed by atoms with Gasteiger partial charge >= 0.3 is 0 Å². The highest BCUT2D eigenvalue weighted by Gasteiger charge is 2.40. The number of nitrogens with zero attached hydrogens (tertiary/aromatic N) is 1. The maximum Gasteiger partial charge on any atom is 0.256 e. The third-order valence-electron chi connectivity index (χ3n) is 3.74. The zero-order valence-electron chi connectivity index (χ0n) is 12.8. The molecule has 0 radical (unpaired) electrons. The molecule has 24 heavy (non-hydrogen) atoms. The molecule has 0 bridgehead atoms. The van der Waals surface area contributed by atoms with Gasteiger partial charge in [-0.3, -0.25) is 9.59 Å². The normalized spacial score (nSPS) is 17.3. The van der Waals surface area contributed by atoms with E-state index < -0.39 is 6.04 Å². The highest BCUT2D eigenvalue weighted by molar-refractivity contribution is 6.43. The molecule has 1 fully saturated rings. The van der Waals surface area contributed by atoms with E-state index in [9.17, 15) is 9.59 Å². The summed E-state index contributed by atoms with van der Waals surface area (Å²) in [6, 6.07) is 11.2. The molecule has 0 unspecified atom stereocenters. The molecule has 1 atom stereocenters. The molecule has 1 heterocycles. The topological polar surface area (TPSA) is 58.6 Å². The van der Waals surface area contributed by atoms with Gasteiger partial charge in [0, 0.05) is 6.07 Å². The largest absolute Gasteiger partial charge is 0.497 e. The number of nitrogens with one attached hydrogen (secondary N) is 1. The van der Waals surface area contributed by atoms with Crippen LogP contribution in [0.2, 0.25) is 10.0 Å². The molecule has 0 saturated carbocycles. The van der Waals surface area contributed by atoms with Crippen molar-refractivity contribution < 1.29 is 14.3 Å². The van der Waals surface area contributed by atoms with Crippen LogP contribution in [-0.2, 0) is 9.59 Å². The molecule has 0 aliphatic carbocycles. The van der Waals surface area contributed by atoms with Crippen LogP contribution in [0.25, 0.3) is 0 Å². The molecule has 0 aromatic heterocycles. The first-order valence-electron chi connectivity index (χ1n) is 7.22. The van der Waals surface area contributed by atoms with E-state index in [1.807, 2.05) is 0 Å². The van der Waals surface area contributed by atoms with Crippen molar-refractivity contribution in [3.05, 3.63) is 52.5 Å². The maximum absolute atomic E-state index is 12.6. The summed E-state index contributed by atoms with van der Waals surface area (Å²) >= 11 is 12.1. The van der Waals surface area contributed by atoms with Crippen LogP contribution in [0, 0.1) is 0 Å². The Balaban J connectivity index is 1.85. The van der Waals surface area contributed by atoms with Gasteiger partial charge in [-0.2, -0.15) is 0 Å². The summed E-state index contributed by atoms with van der Waals surface area (Å²) in [6.45, 7) is 0. The summed E-state index contributed by atoms with van der Waals surface area (Å²) in [7, 11) is 1.53. The zero-order valence-corrected chi connectivity index (χ0v) is 14.3. The van der Waals surface area contributed by atoms with Gasteiger partial charge in [0.1, 0.15) is 11.8 Å². The number of carbonyl (C=O) groups excluding carboxylic acids is 2. The number of anilines is 2. The van der Waals surface area contributed by atoms with Gasteiger partial charge in [-0.15, -0.1) is 0 Å². The molecule has 7 heteroatoms. The average Bonchev–Trinajstić information content (AvgIpc) is 2.85. The van der Waals surface area contributed by atoms with Crippen molar-refractivity contribution in [3.63, 3.8) is 0 Å². The molecule has 1 N–H and O–H groups in total. The number of rotatable bonds is 4. The first-order chi connectivity index (χ1) is 11.5. The Morgan fingerprint density at radius 1 is 1.17 bits per heavy atom. The fraction of sp³-hybridized carbons (Fsp3) is 0.176. The Morgan fingerprint density at radius 2 is 1.92 bits per heavy atom. The highest BCUT2D eigenvalue weighted by atomic mass is 35.5. The standard InChI is InChI=1S/C17H14Cl2N2O3/c1-24-11-5-2-4-10(8-11)21-15(22)9-14(17(21)23)20-13-7-3-6-12(18)16(13)19/h2-8,14,20H,9H2,1H3/t14-/m0/s1. The van der Waals surface area contributed by atoms with E-state index in [0.29, 0.717) is 27.2 Å². The molecule has 3 rings (SSSR count). The lowest BCUT2D eigenvalue weighted by atomic mass is 10.2. The fourth-order valence-electron chi connectivity index (χ4n) is 2.57. The van der Waals surface area contributed by atoms with E-state index in [1.165, 1.54) is 7.11 Å². The first-order valence-corrected chi connectivity index (χ1v) is 7.98. The second kappa shape index (κ2) is 6.71. The number of hydrogen-bond acceptors (Lipinski definition) is 4. The summed E-state index contributed by atoms with van der Waals surface area (Å²) in [5.74, 6) is -0.0596. The van der Waals surface area contributed by atoms with E-state index >= 15 is 0 Å². The predicted molar refractivity (Wildman–Crippen MR) is 94.0 cm³/mol. The Labute approximate surface area is 149 Å². The molecule has 2 aromatic rings. The van der Waals surface area contributed by atoms with Crippen LogP contribution in [0.4, 0.5) is 11.4 Å². The van der Waals surface area contributed by atoms with Crippen molar-refractivity contribution in [2.24, 2.45) is 0 Å². The summed E-state index contributed by atoms with van der Waals surface area (Å²) in [5.41, 5.74) is 0.994. The quantitative estimate of drug-likeness (QED) is 0.839. The Bertz CT molecular complexity index is 810. The van der Waals surface area contributed by atoms with Gasteiger partial charge in [-0.1, -0.05) is 35.3 Å². The predicted octanol–water partition coefficient (Wildman–Crippen LogP) is 3.75. The van der Waals surface area contributed by atoms with Gasteiger partial charge < -0.3 is 10.1 Å². The van der Waals surface area contributed by atoms with Crippen LogP contribution < -0.4 is 15.0 Å². The molecule has 5 nitrogen and oxygen atoms in total. The third-order valence-corrected chi connectivity index (χ3v) is 4.56. The molecular weight excluding hydrogens is 351 g/mol. The summed E-state index contributed by atoms with van der Waals surface area (Å²) in [5, 5.41) is 3.70. The zero-order chi connectivity index (χ0) is 17.3. The Morgan fingerprint density at radius 3 is 2.67 bits per heavy atom. The molecular formula is C17H14Cl2N2O3. The maximum atomic E-state index is 12.6. The van der Waals surface area contributed by atoms with Gasteiger partial charge in [0.05, 0.1) is 35.0 Å². The van der Waals surface area contributed by atoms with E-state index in [2.05, 4.69) is 5.32 Å². The van der Waals surface area contributed by atoms with Gasteiger partial charge in [-0.25, -0.2) is 4.90 Å². The lowest BCUT2D eigenvalue weighted by molar-refractivity contribution is -0.121.